The van der Waals surface area contributed by atoms with Crippen molar-refractivity contribution in [2.75, 3.05) is 0 Å². The lowest BCUT2D eigenvalue weighted by molar-refractivity contribution is -0.126. The molecule has 0 amide bonds. The Labute approximate surface area is 91.7 Å². The second-order valence-electron chi connectivity index (χ2n) is 4.88. The van der Waals surface area contributed by atoms with Gasteiger partial charge in [0.2, 0.25) is 0 Å². The molecule has 0 fully saturated rings. The minimum atomic E-state index is -0.196. The van der Waals surface area contributed by atoms with Crippen LogP contribution in [-0.2, 0) is 11.2 Å². The molecule has 0 unspecified atom stereocenters. The van der Waals surface area contributed by atoms with Crippen LogP contribution in [0.15, 0.2) is 24.5 Å². The van der Waals surface area contributed by atoms with E-state index in [1.54, 1.807) is 12.4 Å². The van der Waals surface area contributed by atoms with Crippen LogP contribution < -0.4 is 0 Å². The fourth-order valence-electron chi connectivity index (χ4n) is 1.38. The Morgan fingerprint density at radius 1 is 1.27 bits per heavy atom. The van der Waals surface area contributed by atoms with Crippen LogP contribution in [0.1, 0.15) is 39.2 Å². The quantitative estimate of drug-likeness (QED) is 0.756. The van der Waals surface area contributed by atoms with Crippen molar-refractivity contribution in [2.45, 2.75) is 40.0 Å². The molecule has 2 heteroatoms. The molecule has 82 valence electrons. The summed E-state index contributed by atoms with van der Waals surface area (Å²) in [7, 11) is 0. The largest absolute Gasteiger partial charge is 0.299 e. The van der Waals surface area contributed by atoms with E-state index < -0.39 is 0 Å². The molecule has 0 saturated carbocycles. The van der Waals surface area contributed by atoms with Crippen molar-refractivity contribution in [3.63, 3.8) is 0 Å². The van der Waals surface area contributed by atoms with E-state index in [4.69, 9.17) is 0 Å². The van der Waals surface area contributed by atoms with Crippen LogP contribution in [0.25, 0.3) is 0 Å². The van der Waals surface area contributed by atoms with E-state index in [1.807, 2.05) is 32.9 Å². The van der Waals surface area contributed by atoms with Crippen molar-refractivity contribution < 1.29 is 4.79 Å². The second-order valence-corrected chi connectivity index (χ2v) is 4.88. The molecule has 0 bridgehead atoms. The van der Waals surface area contributed by atoms with E-state index in [-0.39, 0.29) is 5.41 Å². The van der Waals surface area contributed by atoms with Crippen LogP contribution in [0, 0.1) is 5.41 Å². The van der Waals surface area contributed by atoms with Crippen LogP contribution in [0.4, 0.5) is 0 Å². The predicted molar refractivity (Wildman–Crippen MR) is 61.6 cm³/mol. The zero-order valence-electron chi connectivity index (χ0n) is 9.79. The molecule has 0 aliphatic carbocycles. The Balaban J connectivity index is 2.32. The third-order valence-corrected chi connectivity index (χ3v) is 2.46. The van der Waals surface area contributed by atoms with Gasteiger partial charge in [-0.15, -0.1) is 0 Å². The van der Waals surface area contributed by atoms with Crippen LogP contribution in [0.5, 0.6) is 0 Å². The monoisotopic (exact) mass is 205 g/mol. The van der Waals surface area contributed by atoms with Crippen molar-refractivity contribution in [2.24, 2.45) is 5.41 Å². The van der Waals surface area contributed by atoms with E-state index >= 15 is 0 Å². The zero-order valence-corrected chi connectivity index (χ0v) is 9.79. The minimum Gasteiger partial charge on any atom is -0.299 e. The van der Waals surface area contributed by atoms with Gasteiger partial charge >= 0.3 is 0 Å². The second kappa shape index (κ2) is 5.06. The summed E-state index contributed by atoms with van der Waals surface area (Å²) in [5.41, 5.74) is 1.06. The fourth-order valence-corrected chi connectivity index (χ4v) is 1.38. The first-order chi connectivity index (χ1) is 7.00. The maximum Gasteiger partial charge on any atom is 0.138 e. The molecule has 1 aromatic heterocycles. The van der Waals surface area contributed by atoms with Gasteiger partial charge in [-0.2, -0.15) is 0 Å². The van der Waals surface area contributed by atoms with Gasteiger partial charge < -0.3 is 0 Å². The Morgan fingerprint density at radius 3 is 2.40 bits per heavy atom. The van der Waals surface area contributed by atoms with Gasteiger partial charge in [0.15, 0.2) is 0 Å². The number of pyridine rings is 1. The molecule has 0 N–H and O–H groups in total. The number of ketones is 1. The van der Waals surface area contributed by atoms with Gasteiger partial charge in [-0.25, -0.2) is 0 Å². The van der Waals surface area contributed by atoms with E-state index in [9.17, 15) is 4.79 Å². The molecule has 0 atom stereocenters. The molecule has 0 aliphatic heterocycles. The molecular weight excluding hydrogens is 186 g/mol. The highest BCUT2D eigenvalue weighted by atomic mass is 16.1. The molecule has 0 spiro atoms. The van der Waals surface area contributed by atoms with E-state index in [0.29, 0.717) is 12.2 Å². The maximum atomic E-state index is 11.6. The van der Waals surface area contributed by atoms with Crippen molar-refractivity contribution in [1.29, 1.82) is 0 Å². The highest BCUT2D eigenvalue weighted by Crippen LogP contribution is 2.18. The standard InChI is InChI=1S/C13H19NO/c1-13(2,3)12(15)6-4-5-11-7-9-14-10-8-11/h7-10H,4-6H2,1-3H3. The Hall–Kier alpha value is -1.18. The van der Waals surface area contributed by atoms with Crippen molar-refractivity contribution in [3.05, 3.63) is 30.1 Å². The third-order valence-electron chi connectivity index (χ3n) is 2.46. The molecular formula is C13H19NO. The Bertz CT molecular complexity index is 311. The lowest BCUT2D eigenvalue weighted by Crippen LogP contribution is -2.19. The van der Waals surface area contributed by atoms with Gasteiger partial charge in [0, 0.05) is 24.2 Å². The molecule has 1 heterocycles. The van der Waals surface area contributed by atoms with Crippen molar-refractivity contribution in [1.82, 2.24) is 4.98 Å². The molecule has 0 aliphatic rings. The van der Waals surface area contributed by atoms with Crippen LogP contribution in [-0.4, -0.2) is 10.8 Å². The first kappa shape index (κ1) is 11.9. The summed E-state index contributed by atoms with van der Waals surface area (Å²) in [5, 5.41) is 0. The number of hydrogen-bond donors (Lipinski definition) is 0. The molecule has 1 aromatic rings. The summed E-state index contributed by atoms with van der Waals surface area (Å²) in [5.74, 6) is 0.344. The van der Waals surface area contributed by atoms with Crippen molar-refractivity contribution >= 4 is 5.78 Å². The molecule has 0 radical (unpaired) electrons. The normalized spacial score (nSPS) is 11.4. The number of aryl methyl sites for hydroxylation is 1. The SMILES string of the molecule is CC(C)(C)C(=O)CCCc1ccncc1. The highest BCUT2D eigenvalue weighted by Gasteiger charge is 2.19. The summed E-state index contributed by atoms with van der Waals surface area (Å²) in [4.78, 5) is 15.6. The lowest BCUT2D eigenvalue weighted by atomic mass is 9.87. The van der Waals surface area contributed by atoms with E-state index in [1.165, 1.54) is 5.56 Å². The van der Waals surface area contributed by atoms with E-state index in [0.717, 1.165) is 12.8 Å². The smallest absolute Gasteiger partial charge is 0.138 e. The number of rotatable bonds is 4. The van der Waals surface area contributed by atoms with Crippen LogP contribution >= 0.6 is 0 Å². The highest BCUT2D eigenvalue weighted by molar-refractivity contribution is 5.83. The topological polar surface area (TPSA) is 30.0 Å². The van der Waals surface area contributed by atoms with Gasteiger partial charge in [-0.3, -0.25) is 9.78 Å². The molecule has 2 nitrogen and oxygen atoms in total. The maximum absolute atomic E-state index is 11.6. The van der Waals surface area contributed by atoms with Crippen LogP contribution in [0.2, 0.25) is 0 Å². The molecule has 0 aromatic carbocycles. The Kier molecular flexibility index (Phi) is 4.01. The third kappa shape index (κ3) is 4.24. The number of carbonyl (C=O) groups is 1. The van der Waals surface area contributed by atoms with Gasteiger partial charge in [0.25, 0.3) is 0 Å². The van der Waals surface area contributed by atoms with Gasteiger partial charge in [0.1, 0.15) is 5.78 Å². The summed E-state index contributed by atoms with van der Waals surface area (Å²) in [6.45, 7) is 5.92. The number of nitrogens with zero attached hydrogens (tertiary/aromatic N) is 1. The average molecular weight is 205 g/mol. The molecule has 0 saturated heterocycles. The van der Waals surface area contributed by atoms with Gasteiger partial charge in [-0.05, 0) is 30.5 Å². The summed E-state index contributed by atoms with van der Waals surface area (Å²) < 4.78 is 0. The number of aromatic nitrogens is 1. The summed E-state index contributed by atoms with van der Waals surface area (Å²) in [6.07, 6.45) is 6.15. The minimum absolute atomic E-state index is 0.196. The predicted octanol–water partition coefficient (Wildman–Crippen LogP) is 3.02. The lowest BCUT2D eigenvalue weighted by Gasteiger charge is -2.16. The fraction of sp³-hybridized carbons (Fsp3) is 0.538. The number of hydrogen-bond acceptors (Lipinski definition) is 2. The average Bonchev–Trinajstić information content (AvgIpc) is 2.18. The van der Waals surface area contributed by atoms with Crippen molar-refractivity contribution in [3.8, 4) is 0 Å². The van der Waals surface area contributed by atoms with Gasteiger partial charge in [0.05, 0.1) is 0 Å². The summed E-state index contributed by atoms with van der Waals surface area (Å²) in [6, 6.07) is 4.00. The molecule has 15 heavy (non-hydrogen) atoms. The first-order valence-corrected chi connectivity index (χ1v) is 5.42. The number of Topliss-reactive ketones (excluding diaryl/α,β-unsaturated/α-hetero) is 1. The van der Waals surface area contributed by atoms with Gasteiger partial charge in [-0.1, -0.05) is 20.8 Å². The van der Waals surface area contributed by atoms with E-state index in [2.05, 4.69) is 4.98 Å². The zero-order chi connectivity index (χ0) is 11.3. The van der Waals surface area contributed by atoms with Crippen LogP contribution in [0.3, 0.4) is 0 Å². The first-order valence-electron chi connectivity index (χ1n) is 5.42. The molecule has 1 rings (SSSR count). The number of carbonyl (C=O) groups excluding carboxylic acids is 1. The summed E-state index contributed by atoms with van der Waals surface area (Å²) >= 11 is 0. The Morgan fingerprint density at radius 2 is 1.87 bits per heavy atom.